The topological polar surface area (TPSA) is 89.4 Å². The molecule has 0 spiro atoms. The summed E-state index contributed by atoms with van der Waals surface area (Å²) < 4.78 is 0. The molecule has 16 heavy (non-hydrogen) atoms. The van der Waals surface area contributed by atoms with Crippen LogP contribution < -0.4 is 5.73 Å². The predicted molar refractivity (Wildman–Crippen MR) is 64.5 cm³/mol. The highest BCUT2D eigenvalue weighted by Gasteiger charge is 2.18. The number of nitro groups is 1. The number of benzene rings is 1. The van der Waals surface area contributed by atoms with Crippen LogP contribution in [0.3, 0.4) is 0 Å². The van der Waals surface area contributed by atoms with Crippen LogP contribution in [0.1, 0.15) is 6.92 Å². The number of rotatable bonds is 5. The quantitative estimate of drug-likeness (QED) is 0.356. The summed E-state index contributed by atoms with van der Waals surface area (Å²) in [7, 11) is 0. The van der Waals surface area contributed by atoms with E-state index in [0.717, 1.165) is 0 Å². The Morgan fingerprint density at radius 2 is 2.31 bits per heavy atom. The van der Waals surface area contributed by atoms with Crippen molar-refractivity contribution >= 4 is 23.1 Å². The van der Waals surface area contributed by atoms with E-state index >= 15 is 0 Å². The molecule has 0 aliphatic heterocycles. The van der Waals surface area contributed by atoms with E-state index in [2.05, 4.69) is 0 Å². The number of thioether (sulfide) groups is 1. The first-order valence-electron chi connectivity index (χ1n) is 4.82. The Labute approximate surface area is 97.8 Å². The zero-order valence-electron chi connectivity index (χ0n) is 8.92. The standard InChI is InChI=1S/C10H14N2O3S/c1-7(5-13)6-16-9-4-2-3-8(11)10(9)12(14)15/h2-4,7,13H,5-6,11H2,1H3. The Morgan fingerprint density at radius 1 is 1.62 bits per heavy atom. The van der Waals surface area contributed by atoms with E-state index in [4.69, 9.17) is 10.8 Å². The Balaban J connectivity index is 2.87. The van der Waals surface area contributed by atoms with E-state index in [0.29, 0.717) is 10.6 Å². The summed E-state index contributed by atoms with van der Waals surface area (Å²) >= 11 is 1.34. The smallest absolute Gasteiger partial charge is 0.305 e. The van der Waals surface area contributed by atoms with Crippen LogP contribution in [0.25, 0.3) is 0 Å². The summed E-state index contributed by atoms with van der Waals surface area (Å²) in [6.45, 7) is 1.95. The van der Waals surface area contributed by atoms with E-state index in [1.54, 1.807) is 12.1 Å². The summed E-state index contributed by atoms with van der Waals surface area (Å²) in [5.74, 6) is 0.729. The fraction of sp³-hybridized carbons (Fsp3) is 0.400. The number of anilines is 1. The third-order valence-corrected chi connectivity index (χ3v) is 3.42. The van der Waals surface area contributed by atoms with Gasteiger partial charge in [-0.2, -0.15) is 0 Å². The number of nitrogen functional groups attached to an aromatic ring is 1. The molecular formula is C10H14N2O3S. The van der Waals surface area contributed by atoms with Crippen molar-refractivity contribution in [2.24, 2.45) is 5.92 Å². The molecule has 1 unspecified atom stereocenters. The maximum absolute atomic E-state index is 10.8. The first-order valence-corrected chi connectivity index (χ1v) is 5.81. The molecule has 1 aromatic rings. The fourth-order valence-electron chi connectivity index (χ4n) is 1.14. The molecular weight excluding hydrogens is 228 g/mol. The maximum Gasteiger partial charge on any atom is 0.305 e. The second-order valence-corrected chi connectivity index (χ2v) is 4.61. The molecule has 0 aromatic heterocycles. The monoisotopic (exact) mass is 242 g/mol. The SMILES string of the molecule is CC(CO)CSc1cccc(N)c1[N+](=O)[O-]. The molecule has 6 heteroatoms. The van der Waals surface area contributed by atoms with Crippen molar-refractivity contribution in [2.45, 2.75) is 11.8 Å². The third kappa shape index (κ3) is 3.11. The van der Waals surface area contributed by atoms with Gasteiger partial charge in [0.05, 0.1) is 9.82 Å². The molecule has 0 saturated heterocycles. The summed E-state index contributed by atoms with van der Waals surface area (Å²) in [5.41, 5.74) is 5.69. The molecule has 1 rings (SSSR count). The van der Waals surface area contributed by atoms with Crippen molar-refractivity contribution in [2.75, 3.05) is 18.1 Å². The molecule has 0 bridgehead atoms. The van der Waals surface area contributed by atoms with Crippen LogP contribution in [0.2, 0.25) is 0 Å². The zero-order chi connectivity index (χ0) is 12.1. The van der Waals surface area contributed by atoms with E-state index in [1.807, 2.05) is 6.92 Å². The summed E-state index contributed by atoms with van der Waals surface area (Å²) in [6.07, 6.45) is 0. The minimum absolute atomic E-state index is 0.0439. The molecule has 0 heterocycles. The second-order valence-electron chi connectivity index (χ2n) is 3.55. The van der Waals surface area contributed by atoms with Gasteiger partial charge in [-0.25, -0.2) is 0 Å². The first-order chi connectivity index (χ1) is 7.56. The average Bonchev–Trinajstić information content (AvgIpc) is 2.25. The van der Waals surface area contributed by atoms with Gasteiger partial charge in [0.1, 0.15) is 5.69 Å². The summed E-state index contributed by atoms with van der Waals surface area (Å²) in [5, 5.41) is 19.7. The lowest BCUT2D eigenvalue weighted by molar-refractivity contribution is -0.386. The Bertz CT molecular complexity index is 384. The normalized spacial score (nSPS) is 12.4. The van der Waals surface area contributed by atoms with Gasteiger partial charge >= 0.3 is 5.69 Å². The minimum atomic E-state index is -0.471. The third-order valence-electron chi connectivity index (χ3n) is 2.05. The van der Waals surface area contributed by atoms with Gasteiger partial charge in [0.15, 0.2) is 0 Å². The molecule has 0 radical (unpaired) electrons. The number of hydrogen-bond acceptors (Lipinski definition) is 5. The van der Waals surface area contributed by atoms with E-state index in [9.17, 15) is 10.1 Å². The average molecular weight is 242 g/mol. The maximum atomic E-state index is 10.8. The van der Waals surface area contributed by atoms with Gasteiger partial charge in [-0.05, 0) is 18.1 Å². The molecule has 0 saturated carbocycles. The zero-order valence-corrected chi connectivity index (χ0v) is 9.74. The molecule has 3 N–H and O–H groups in total. The lowest BCUT2D eigenvalue weighted by Crippen LogP contribution is -2.04. The molecule has 5 nitrogen and oxygen atoms in total. The van der Waals surface area contributed by atoms with Gasteiger partial charge < -0.3 is 10.8 Å². The second kappa shape index (κ2) is 5.72. The molecule has 0 aliphatic rings. The lowest BCUT2D eigenvalue weighted by atomic mass is 10.2. The van der Waals surface area contributed by atoms with Crippen LogP contribution in [-0.2, 0) is 0 Å². The first kappa shape index (κ1) is 12.8. The highest BCUT2D eigenvalue weighted by Crippen LogP contribution is 2.34. The van der Waals surface area contributed by atoms with Crippen molar-refractivity contribution in [1.82, 2.24) is 0 Å². The molecule has 0 aliphatic carbocycles. The van der Waals surface area contributed by atoms with Crippen LogP contribution >= 0.6 is 11.8 Å². The Morgan fingerprint density at radius 3 is 2.88 bits per heavy atom. The predicted octanol–water partition coefficient (Wildman–Crippen LogP) is 1.90. The number of nitrogens with two attached hydrogens (primary N) is 1. The van der Waals surface area contributed by atoms with Crippen molar-refractivity contribution in [3.05, 3.63) is 28.3 Å². The number of aliphatic hydroxyl groups is 1. The fourth-order valence-corrected chi connectivity index (χ4v) is 2.21. The highest BCUT2D eigenvalue weighted by molar-refractivity contribution is 7.99. The van der Waals surface area contributed by atoms with Crippen LogP contribution in [0.15, 0.2) is 23.1 Å². The van der Waals surface area contributed by atoms with Crippen molar-refractivity contribution < 1.29 is 10.0 Å². The van der Waals surface area contributed by atoms with Crippen molar-refractivity contribution in [1.29, 1.82) is 0 Å². The highest BCUT2D eigenvalue weighted by atomic mass is 32.2. The number of para-hydroxylation sites is 1. The Kier molecular flexibility index (Phi) is 4.57. The van der Waals surface area contributed by atoms with Crippen LogP contribution in [0.4, 0.5) is 11.4 Å². The van der Waals surface area contributed by atoms with Gasteiger partial charge in [-0.1, -0.05) is 13.0 Å². The number of aliphatic hydroxyl groups excluding tert-OH is 1. The molecule has 0 fully saturated rings. The van der Waals surface area contributed by atoms with Crippen LogP contribution in [0, 0.1) is 16.0 Å². The number of nitrogens with zero attached hydrogens (tertiary/aromatic N) is 1. The van der Waals surface area contributed by atoms with E-state index in [-0.39, 0.29) is 23.9 Å². The summed E-state index contributed by atoms with van der Waals surface area (Å²) in [6, 6.07) is 4.87. The van der Waals surface area contributed by atoms with Crippen molar-refractivity contribution in [3.8, 4) is 0 Å². The van der Waals surface area contributed by atoms with Gasteiger partial charge in [-0.3, -0.25) is 10.1 Å². The Hall–Kier alpha value is -1.27. The molecule has 0 amide bonds. The number of hydrogen-bond donors (Lipinski definition) is 2. The van der Waals surface area contributed by atoms with Gasteiger partial charge in [-0.15, -0.1) is 11.8 Å². The van der Waals surface area contributed by atoms with E-state index in [1.165, 1.54) is 17.8 Å². The molecule has 88 valence electrons. The van der Waals surface area contributed by atoms with E-state index < -0.39 is 4.92 Å². The minimum Gasteiger partial charge on any atom is -0.396 e. The van der Waals surface area contributed by atoms with Crippen LogP contribution in [0.5, 0.6) is 0 Å². The molecule has 1 aromatic carbocycles. The van der Waals surface area contributed by atoms with Gasteiger partial charge in [0.2, 0.25) is 0 Å². The molecule has 1 atom stereocenters. The largest absolute Gasteiger partial charge is 0.396 e. The van der Waals surface area contributed by atoms with Gasteiger partial charge in [0.25, 0.3) is 0 Å². The van der Waals surface area contributed by atoms with Gasteiger partial charge in [0, 0.05) is 12.4 Å². The van der Waals surface area contributed by atoms with Crippen LogP contribution in [-0.4, -0.2) is 22.4 Å². The van der Waals surface area contributed by atoms with Crippen molar-refractivity contribution in [3.63, 3.8) is 0 Å². The lowest BCUT2D eigenvalue weighted by Gasteiger charge is -2.08. The summed E-state index contributed by atoms with van der Waals surface area (Å²) in [4.78, 5) is 10.9. The number of nitro benzene ring substituents is 1.